The third-order valence-corrected chi connectivity index (χ3v) is 3.19. The lowest BCUT2D eigenvalue weighted by Crippen LogP contribution is -2.13. The summed E-state index contributed by atoms with van der Waals surface area (Å²) in [5.41, 5.74) is 1.32. The van der Waals surface area contributed by atoms with E-state index in [2.05, 4.69) is 5.32 Å². The summed E-state index contributed by atoms with van der Waals surface area (Å²) in [7, 11) is 1.56. The van der Waals surface area contributed by atoms with E-state index in [-0.39, 0.29) is 5.57 Å². The lowest BCUT2D eigenvalue weighted by molar-refractivity contribution is -0.112. The zero-order valence-corrected chi connectivity index (χ0v) is 13.6. The molecule has 0 atom stereocenters. The molecule has 0 saturated carbocycles. The van der Waals surface area contributed by atoms with Gasteiger partial charge in [-0.3, -0.25) is 4.79 Å². The Bertz CT molecular complexity index is 774. The number of benzene rings is 2. The largest absolute Gasteiger partial charge is 0.497 e. The summed E-state index contributed by atoms with van der Waals surface area (Å²) in [5, 5.41) is 11.9. The van der Waals surface area contributed by atoms with Crippen molar-refractivity contribution in [2.45, 2.75) is 6.92 Å². The molecule has 0 unspecified atom stereocenters. The molecule has 0 aliphatic carbocycles. The topological polar surface area (TPSA) is 71.3 Å². The highest BCUT2D eigenvalue weighted by Crippen LogP contribution is 2.18. The highest BCUT2D eigenvalue weighted by Gasteiger charge is 2.10. The first-order chi connectivity index (χ1) is 11.7. The summed E-state index contributed by atoms with van der Waals surface area (Å²) in [6.45, 7) is 2.48. The van der Waals surface area contributed by atoms with Gasteiger partial charge in [0.25, 0.3) is 5.91 Å². The molecule has 122 valence electrons. The maximum absolute atomic E-state index is 12.2. The second-order valence-electron chi connectivity index (χ2n) is 4.86. The average molecular weight is 322 g/mol. The minimum Gasteiger partial charge on any atom is -0.497 e. The molecule has 0 aromatic heterocycles. The van der Waals surface area contributed by atoms with Crippen LogP contribution in [-0.2, 0) is 4.79 Å². The Kier molecular flexibility index (Phi) is 5.98. The Hall–Kier alpha value is -3.26. The van der Waals surface area contributed by atoms with Gasteiger partial charge >= 0.3 is 0 Å². The molecule has 24 heavy (non-hydrogen) atoms. The lowest BCUT2D eigenvalue weighted by atomic mass is 10.1. The Balaban J connectivity index is 2.13. The van der Waals surface area contributed by atoms with Crippen molar-refractivity contribution in [1.29, 1.82) is 5.26 Å². The molecule has 2 aromatic carbocycles. The number of nitriles is 1. The Morgan fingerprint density at radius 2 is 1.96 bits per heavy atom. The van der Waals surface area contributed by atoms with Gasteiger partial charge in [-0.05, 0) is 55.0 Å². The van der Waals surface area contributed by atoms with E-state index in [1.165, 1.54) is 6.08 Å². The molecule has 0 radical (unpaired) electrons. The third kappa shape index (κ3) is 4.62. The molecule has 0 heterocycles. The van der Waals surface area contributed by atoms with Crippen molar-refractivity contribution in [2.24, 2.45) is 0 Å². The second kappa shape index (κ2) is 8.39. The molecule has 0 bridgehead atoms. The van der Waals surface area contributed by atoms with Gasteiger partial charge in [-0.2, -0.15) is 5.26 Å². The predicted molar refractivity (Wildman–Crippen MR) is 92.8 cm³/mol. The van der Waals surface area contributed by atoms with Gasteiger partial charge in [-0.1, -0.05) is 12.1 Å². The highest BCUT2D eigenvalue weighted by atomic mass is 16.5. The molecule has 0 aliphatic rings. The van der Waals surface area contributed by atoms with Crippen LogP contribution >= 0.6 is 0 Å². The number of carbonyl (C=O) groups is 1. The predicted octanol–water partition coefficient (Wildman–Crippen LogP) is 3.64. The zero-order valence-electron chi connectivity index (χ0n) is 13.6. The lowest BCUT2D eigenvalue weighted by Gasteiger charge is -2.07. The molecule has 5 heteroatoms. The summed E-state index contributed by atoms with van der Waals surface area (Å²) < 4.78 is 10.5. The third-order valence-electron chi connectivity index (χ3n) is 3.19. The molecule has 0 fully saturated rings. The van der Waals surface area contributed by atoms with Crippen LogP contribution in [0.3, 0.4) is 0 Å². The molecule has 0 aliphatic heterocycles. The van der Waals surface area contributed by atoms with Crippen LogP contribution in [-0.4, -0.2) is 19.6 Å². The van der Waals surface area contributed by atoms with Crippen molar-refractivity contribution in [3.05, 3.63) is 59.7 Å². The van der Waals surface area contributed by atoms with Gasteiger partial charge in [0.2, 0.25) is 0 Å². The maximum Gasteiger partial charge on any atom is 0.266 e. The van der Waals surface area contributed by atoms with Gasteiger partial charge in [0.1, 0.15) is 23.1 Å². The van der Waals surface area contributed by atoms with Crippen molar-refractivity contribution in [3.8, 4) is 17.6 Å². The SMILES string of the molecule is CCOc1ccc(NC(=O)/C(C#N)=C/c2cccc(OC)c2)cc1. The fourth-order valence-corrected chi connectivity index (χ4v) is 2.05. The first-order valence-electron chi connectivity index (χ1n) is 7.46. The van der Waals surface area contributed by atoms with Crippen LogP contribution in [0.4, 0.5) is 5.69 Å². The van der Waals surface area contributed by atoms with E-state index in [1.807, 2.05) is 13.0 Å². The Morgan fingerprint density at radius 3 is 2.58 bits per heavy atom. The Morgan fingerprint density at radius 1 is 1.21 bits per heavy atom. The van der Waals surface area contributed by atoms with Gasteiger partial charge in [-0.25, -0.2) is 0 Å². The summed E-state index contributed by atoms with van der Waals surface area (Å²) >= 11 is 0. The number of ether oxygens (including phenoxy) is 2. The fraction of sp³-hybridized carbons (Fsp3) is 0.158. The second-order valence-corrected chi connectivity index (χ2v) is 4.86. The van der Waals surface area contributed by atoms with E-state index in [9.17, 15) is 10.1 Å². The fourth-order valence-electron chi connectivity index (χ4n) is 2.05. The summed E-state index contributed by atoms with van der Waals surface area (Å²) in [4.78, 5) is 12.2. The number of amides is 1. The maximum atomic E-state index is 12.2. The van der Waals surface area contributed by atoms with E-state index >= 15 is 0 Å². The number of methoxy groups -OCH3 is 1. The minimum atomic E-state index is -0.468. The first-order valence-corrected chi connectivity index (χ1v) is 7.46. The van der Waals surface area contributed by atoms with Crippen LogP contribution in [0.25, 0.3) is 6.08 Å². The molecule has 1 amide bonds. The van der Waals surface area contributed by atoms with E-state index in [0.717, 1.165) is 5.75 Å². The molecule has 2 aromatic rings. The summed E-state index contributed by atoms with van der Waals surface area (Å²) in [5.74, 6) is 0.917. The first kappa shape index (κ1) is 17.1. The van der Waals surface area contributed by atoms with Gasteiger partial charge in [-0.15, -0.1) is 0 Å². The summed E-state index contributed by atoms with van der Waals surface area (Å²) in [6, 6.07) is 16.0. The van der Waals surface area contributed by atoms with Gasteiger partial charge < -0.3 is 14.8 Å². The quantitative estimate of drug-likeness (QED) is 0.651. The van der Waals surface area contributed by atoms with Crippen molar-refractivity contribution < 1.29 is 14.3 Å². The smallest absolute Gasteiger partial charge is 0.266 e. The number of hydrogen-bond donors (Lipinski definition) is 1. The van der Waals surface area contributed by atoms with E-state index in [4.69, 9.17) is 9.47 Å². The van der Waals surface area contributed by atoms with Crippen molar-refractivity contribution in [2.75, 3.05) is 19.0 Å². The van der Waals surface area contributed by atoms with E-state index < -0.39 is 5.91 Å². The van der Waals surface area contributed by atoms with Crippen LogP contribution in [0.2, 0.25) is 0 Å². The molecule has 0 saturated heterocycles. The molecular formula is C19H18N2O3. The van der Waals surface area contributed by atoms with Gasteiger partial charge in [0, 0.05) is 5.69 Å². The standard InChI is InChI=1S/C19H18N2O3/c1-3-24-17-9-7-16(8-10-17)21-19(22)15(13-20)11-14-5-4-6-18(12-14)23-2/h4-12H,3H2,1-2H3,(H,21,22)/b15-11+. The van der Waals surface area contributed by atoms with Crippen LogP contribution in [0.5, 0.6) is 11.5 Å². The number of hydrogen-bond acceptors (Lipinski definition) is 4. The number of nitrogens with zero attached hydrogens (tertiary/aromatic N) is 1. The molecule has 0 spiro atoms. The summed E-state index contributed by atoms with van der Waals surface area (Å²) in [6.07, 6.45) is 1.52. The number of rotatable bonds is 6. The number of nitrogens with one attached hydrogen (secondary N) is 1. The van der Waals surface area contributed by atoms with Crippen molar-refractivity contribution in [1.82, 2.24) is 0 Å². The molecular weight excluding hydrogens is 304 g/mol. The normalized spacial score (nSPS) is 10.6. The van der Waals surface area contributed by atoms with E-state index in [1.54, 1.807) is 55.6 Å². The van der Waals surface area contributed by atoms with Gasteiger partial charge in [0.15, 0.2) is 0 Å². The highest BCUT2D eigenvalue weighted by molar-refractivity contribution is 6.09. The van der Waals surface area contributed by atoms with Crippen molar-refractivity contribution in [3.63, 3.8) is 0 Å². The average Bonchev–Trinajstić information content (AvgIpc) is 2.61. The van der Waals surface area contributed by atoms with Crippen LogP contribution in [0, 0.1) is 11.3 Å². The van der Waals surface area contributed by atoms with Crippen LogP contribution in [0.1, 0.15) is 12.5 Å². The van der Waals surface area contributed by atoms with Crippen LogP contribution < -0.4 is 14.8 Å². The van der Waals surface area contributed by atoms with Gasteiger partial charge in [0.05, 0.1) is 13.7 Å². The number of anilines is 1. The zero-order chi connectivity index (χ0) is 17.4. The Labute approximate surface area is 141 Å². The van der Waals surface area contributed by atoms with Crippen LogP contribution in [0.15, 0.2) is 54.1 Å². The minimum absolute atomic E-state index is 0.0112. The molecule has 1 N–H and O–H groups in total. The number of carbonyl (C=O) groups excluding carboxylic acids is 1. The monoisotopic (exact) mass is 322 g/mol. The molecule has 5 nitrogen and oxygen atoms in total. The van der Waals surface area contributed by atoms with E-state index in [0.29, 0.717) is 23.6 Å². The molecule has 2 rings (SSSR count). The van der Waals surface area contributed by atoms with Crippen molar-refractivity contribution >= 4 is 17.7 Å².